The number of Topliss-reactive ketones (excluding diaryl/α,β-unsaturated/α-hetero) is 1. The van der Waals surface area contributed by atoms with E-state index < -0.39 is 0 Å². The minimum atomic E-state index is -0.386. The van der Waals surface area contributed by atoms with Gasteiger partial charge in [-0.15, -0.1) is 0 Å². The summed E-state index contributed by atoms with van der Waals surface area (Å²) in [6.45, 7) is 4.90. The summed E-state index contributed by atoms with van der Waals surface area (Å²) in [7, 11) is 0. The monoisotopic (exact) mass is 404 g/mol. The second-order valence-corrected chi connectivity index (χ2v) is 6.99. The van der Waals surface area contributed by atoms with Crippen LogP contribution in [0.25, 0.3) is 11.1 Å². The lowest BCUT2D eigenvalue weighted by Gasteiger charge is -2.14. The van der Waals surface area contributed by atoms with Crippen LogP contribution in [0.2, 0.25) is 0 Å². The lowest BCUT2D eigenvalue weighted by molar-refractivity contribution is -0.127. The third-order valence-corrected chi connectivity index (χ3v) is 4.75. The Kier molecular flexibility index (Phi) is 8.04. The Morgan fingerprint density at radius 2 is 1.30 bits per heavy atom. The second kappa shape index (κ2) is 11.2. The molecular weight excluding hydrogens is 376 g/mol. The van der Waals surface area contributed by atoms with Gasteiger partial charge in [0.05, 0.1) is 0 Å². The van der Waals surface area contributed by atoms with Crippen molar-refractivity contribution in [1.29, 1.82) is 0 Å². The molecule has 0 saturated carbocycles. The molecule has 0 aromatic heterocycles. The molecule has 0 amide bonds. The van der Waals surface area contributed by atoms with E-state index in [0.29, 0.717) is 26.2 Å². The van der Waals surface area contributed by atoms with Gasteiger partial charge < -0.3 is 14.2 Å². The highest BCUT2D eigenvalue weighted by Gasteiger charge is 2.14. The lowest BCUT2D eigenvalue weighted by atomic mass is 10.1. The Labute approximate surface area is 178 Å². The van der Waals surface area contributed by atoms with Gasteiger partial charge in [-0.2, -0.15) is 0 Å². The quantitative estimate of drug-likeness (QED) is 0.404. The van der Waals surface area contributed by atoms with E-state index in [1.165, 1.54) is 5.56 Å². The zero-order chi connectivity index (χ0) is 21.2. The fourth-order valence-corrected chi connectivity index (χ4v) is 3.15. The third-order valence-electron chi connectivity index (χ3n) is 4.75. The van der Waals surface area contributed by atoms with Crippen molar-refractivity contribution >= 4 is 5.78 Å². The fourth-order valence-electron chi connectivity index (χ4n) is 3.15. The first kappa shape index (κ1) is 21.6. The van der Waals surface area contributed by atoms with E-state index in [2.05, 4.69) is 24.3 Å². The summed E-state index contributed by atoms with van der Waals surface area (Å²) in [5, 5.41) is 0. The van der Waals surface area contributed by atoms with Crippen molar-refractivity contribution in [2.24, 2.45) is 0 Å². The zero-order valence-electron chi connectivity index (χ0n) is 17.5. The molecule has 0 saturated heterocycles. The first-order valence-corrected chi connectivity index (χ1v) is 10.3. The molecule has 0 spiro atoms. The standard InChI is InChI=1S/C26H28O4/c1-3-28-26(20(2)27)19-21-9-13-24(14-10-21)29-17-18-30-25-15-11-23(12-16-25)22-7-5-4-6-8-22/h4-16,26H,3,17-19H2,1-2H3/t26-/m0/s1. The number of benzene rings is 3. The molecule has 0 fully saturated rings. The summed E-state index contributed by atoms with van der Waals surface area (Å²) in [5.74, 6) is 1.64. The van der Waals surface area contributed by atoms with Crippen LogP contribution < -0.4 is 9.47 Å². The van der Waals surface area contributed by atoms with Crippen molar-refractivity contribution in [2.75, 3.05) is 19.8 Å². The number of ether oxygens (including phenoxy) is 3. The maximum atomic E-state index is 11.6. The van der Waals surface area contributed by atoms with Crippen LogP contribution in [0.15, 0.2) is 78.9 Å². The van der Waals surface area contributed by atoms with E-state index >= 15 is 0 Å². The van der Waals surface area contributed by atoms with Gasteiger partial charge in [0, 0.05) is 13.0 Å². The van der Waals surface area contributed by atoms with Gasteiger partial charge in [-0.05, 0) is 54.8 Å². The van der Waals surface area contributed by atoms with E-state index in [1.54, 1.807) is 6.92 Å². The van der Waals surface area contributed by atoms with Crippen molar-refractivity contribution in [3.63, 3.8) is 0 Å². The van der Waals surface area contributed by atoms with Crippen LogP contribution in [0.3, 0.4) is 0 Å². The van der Waals surface area contributed by atoms with E-state index in [1.807, 2.05) is 61.5 Å². The maximum Gasteiger partial charge on any atom is 0.158 e. The number of carbonyl (C=O) groups is 1. The SMILES string of the molecule is CCO[C@@H](Cc1ccc(OCCOc2ccc(-c3ccccc3)cc2)cc1)C(C)=O. The average molecular weight is 405 g/mol. The zero-order valence-corrected chi connectivity index (χ0v) is 17.5. The molecule has 0 radical (unpaired) electrons. The van der Waals surface area contributed by atoms with Crippen LogP contribution in [0, 0.1) is 0 Å². The Morgan fingerprint density at radius 3 is 1.83 bits per heavy atom. The highest BCUT2D eigenvalue weighted by molar-refractivity contribution is 5.80. The van der Waals surface area contributed by atoms with Gasteiger partial charge in [0.25, 0.3) is 0 Å². The molecule has 0 aliphatic rings. The molecule has 0 bridgehead atoms. The molecule has 156 valence electrons. The minimum absolute atomic E-state index is 0.0473. The van der Waals surface area contributed by atoms with Crippen LogP contribution >= 0.6 is 0 Å². The van der Waals surface area contributed by atoms with Crippen molar-refractivity contribution in [3.05, 3.63) is 84.4 Å². The molecule has 0 aliphatic heterocycles. The fraction of sp³-hybridized carbons (Fsp3) is 0.269. The van der Waals surface area contributed by atoms with Gasteiger partial charge >= 0.3 is 0 Å². The van der Waals surface area contributed by atoms with Crippen LogP contribution in [0.1, 0.15) is 19.4 Å². The molecule has 0 unspecified atom stereocenters. The summed E-state index contributed by atoms with van der Waals surface area (Å²) in [6, 6.07) is 26.1. The van der Waals surface area contributed by atoms with Gasteiger partial charge in [0.1, 0.15) is 30.8 Å². The molecule has 1 atom stereocenters. The lowest BCUT2D eigenvalue weighted by Crippen LogP contribution is -2.24. The molecular formula is C26H28O4. The predicted octanol–water partition coefficient (Wildman–Crippen LogP) is 5.35. The molecule has 3 aromatic rings. The highest BCUT2D eigenvalue weighted by Crippen LogP contribution is 2.22. The molecule has 4 heteroatoms. The van der Waals surface area contributed by atoms with Crippen molar-refractivity contribution in [1.82, 2.24) is 0 Å². The smallest absolute Gasteiger partial charge is 0.158 e. The summed E-state index contributed by atoms with van der Waals surface area (Å²) < 4.78 is 17.0. The van der Waals surface area contributed by atoms with E-state index in [0.717, 1.165) is 22.6 Å². The van der Waals surface area contributed by atoms with Gasteiger partial charge in [0.2, 0.25) is 0 Å². The van der Waals surface area contributed by atoms with Crippen LogP contribution in [0.4, 0.5) is 0 Å². The Bertz CT molecular complexity index is 902. The van der Waals surface area contributed by atoms with Gasteiger partial charge in [-0.3, -0.25) is 4.79 Å². The van der Waals surface area contributed by atoms with Gasteiger partial charge in [-0.25, -0.2) is 0 Å². The number of hydrogen-bond donors (Lipinski definition) is 0. The number of carbonyl (C=O) groups excluding carboxylic acids is 1. The summed E-state index contributed by atoms with van der Waals surface area (Å²) >= 11 is 0. The number of hydrogen-bond acceptors (Lipinski definition) is 4. The average Bonchev–Trinajstić information content (AvgIpc) is 2.78. The summed E-state index contributed by atoms with van der Waals surface area (Å²) in [5.41, 5.74) is 3.40. The molecule has 0 aliphatic carbocycles. The van der Waals surface area contributed by atoms with Crippen molar-refractivity contribution < 1.29 is 19.0 Å². The molecule has 0 heterocycles. The Morgan fingerprint density at radius 1 is 0.767 bits per heavy atom. The molecule has 0 N–H and O–H groups in total. The highest BCUT2D eigenvalue weighted by atomic mass is 16.5. The maximum absolute atomic E-state index is 11.6. The van der Waals surface area contributed by atoms with Gasteiger partial charge in [-0.1, -0.05) is 54.6 Å². The van der Waals surface area contributed by atoms with Gasteiger partial charge in [0.15, 0.2) is 5.78 Å². The topological polar surface area (TPSA) is 44.8 Å². The number of ketones is 1. The molecule has 4 nitrogen and oxygen atoms in total. The van der Waals surface area contributed by atoms with Crippen molar-refractivity contribution in [3.8, 4) is 22.6 Å². The Hall–Kier alpha value is -3.11. The first-order chi connectivity index (χ1) is 14.7. The van der Waals surface area contributed by atoms with Crippen LogP contribution in [0.5, 0.6) is 11.5 Å². The third kappa shape index (κ3) is 6.46. The summed E-state index contributed by atoms with van der Waals surface area (Å²) in [6.07, 6.45) is 0.189. The van der Waals surface area contributed by atoms with E-state index in [9.17, 15) is 4.79 Å². The van der Waals surface area contributed by atoms with Crippen LogP contribution in [-0.2, 0) is 16.0 Å². The molecule has 3 rings (SSSR count). The second-order valence-electron chi connectivity index (χ2n) is 6.99. The predicted molar refractivity (Wildman–Crippen MR) is 119 cm³/mol. The number of rotatable bonds is 11. The summed E-state index contributed by atoms with van der Waals surface area (Å²) in [4.78, 5) is 11.6. The normalized spacial score (nSPS) is 11.7. The largest absolute Gasteiger partial charge is 0.490 e. The van der Waals surface area contributed by atoms with E-state index in [4.69, 9.17) is 14.2 Å². The molecule has 30 heavy (non-hydrogen) atoms. The van der Waals surface area contributed by atoms with Crippen LogP contribution in [-0.4, -0.2) is 31.7 Å². The minimum Gasteiger partial charge on any atom is -0.490 e. The van der Waals surface area contributed by atoms with Crippen molar-refractivity contribution in [2.45, 2.75) is 26.4 Å². The first-order valence-electron chi connectivity index (χ1n) is 10.3. The Balaban J connectivity index is 1.42. The molecule has 3 aromatic carbocycles. The van der Waals surface area contributed by atoms with E-state index in [-0.39, 0.29) is 11.9 Å².